The number of alkyl carbamates (subject to hydrolysis) is 2. The van der Waals surface area contributed by atoms with Gasteiger partial charge in [0.25, 0.3) is 0 Å². The Morgan fingerprint density at radius 3 is 1.75 bits per heavy atom. The van der Waals surface area contributed by atoms with Crippen LogP contribution in [0, 0.1) is 0 Å². The molecule has 0 radical (unpaired) electrons. The quantitative estimate of drug-likeness (QED) is 0.129. The van der Waals surface area contributed by atoms with Gasteiger partial charge in [-0.15, -0.1) is 0 Å². The predicted octanol–water partition coefficient (Wildman–Crippen LogP) is 5.45. The lowest BCUT2D eigenvalue weighted by Crippen LogP contribution is -2.55. The first-order chi connectivity index (χ1) is 27.5. The Bertz CT molecular complexity index is 1990. The van der Waals surface area contributed by atoms with Crippen LogP contribution < -0.4 is 10.6 Å². The van der Waals surface area contributed by atoms with Gasteiger partial charge in [-0.25, -0.2) is 14.6 Å². The van der Waals surface area contributed by atoms with Gasteiger partial charge >= 0.3 is 12.2 Å². The fourth-order valence-corrected chi connectivity index (χ4v) is 7.73. The van der Waals surface area contributed by atoms with Crippen LogP contribution in [0.25, 0.3) is 33.6 Å². The number of hydrogen-bond acceptors (Lipinski definition) is 9. The number of aromatic amines is 2. The number of nitrogens with one attached hydrogen (secondary N) is 4. The molecular formula is C42H53N7O8. The Labute approximate surface area is 332 Å². The van der Waals surface area contributed by atoms with Gasteiger partial charge in [0.2, 0.25) is 11.8 Å². The van der Waals surface area contributed by atoms with Gasteiger partial charge in [-0.05, 0) is 73.9 Å². The number of nitrogens with zero attached hydrogens (tertiary/aromatic N) is 3. The molecule has 0 unspecified atom stereocenters. The minimum atomic E-state index is -0.893. The van der Waals surface area contributed by atoms with Gasteiger partial charge in [0.15, 0.2) is 0 Å². The molecule has 0 aliphatic carbocycles. The number of carbonyl (C=O) groups is 4. The normalized spacial score (nSPS) is 18.8. The van der Waals surface area contributed by atoms with E-state index in [1.807, 2.05) is 17.0 Å². The summed E-state index contributed by atoms with van der Waals surface area (Å²) in [6.45, 7) is 4.65. The van der Waals surface area contributed by atoms with Crippen molar-refractivity contribution in [3.63, 3.8) is 0 Å². The van der Waals surface area contributed by atoms with Gasteiger partial charge in [-0.2, -0.15) is 0 Å². The van der Waals surface area contributed by atoms with Crippen molar-refractivity contribution in [2.75, 3.05) is 41.5 Å². The van der Waals surface area contributed by atoms with Crippen molar-refractivity contribution in [1.82, 2.24) is 35.4 Å². The Balaban J connectivity index is 1.08. The van der Waals surface area contributed by atoms with Crippen LogP contribution in [-0.4, -0.2) is 121 Å². The molecule has 2 aromatic heterocycles. The van der Waals surface area contributed by atoms with Crippen LogP contribution in [0.15, 0.2) is 66.9 Å². The first kappa shape index (κ1) is 41.0. The highest BCUT2D eigenvalue weighted by Gasteiger charge is 2.39. The largest absolute Gasteiger partial charge is 0.453 e. The zero-order chi connectivity index (χ0) is 40.6. The molecule has 4 N–H and O–H groups in total. The Morgan fingerprint density at radius 1 is 0.684 bits per heavy atom. The van der Waals surface area contributed by atoms with E-state index in [4.69, 9.17) is 18.9 Å². The van der Waals surface area contributed by atoms with Gasteiger partial charge in [-0.3, -0.25) is 9.59 Å². The van der Waals surface area contributed by atoms with Crippen LogP contribution >= 0.6 is 0 Å². The molecule has 15 heteroatoms. The van der Waals surface area contributed by atoms with Crippen LogP contribution in [0.5, 0.6) is 0 Å². The molecule has 6 rings (SSSR count). The van der Waals surface area contributed by atoms with E-state index in [2.05, 4.69) is 74.1 Å². The molecule has 4 amide bonds. The number of methoxy groups -OCH3 is 4. The van der Waals surface area contributed by atoms with Crippen molar-refractivity contribution < 1.29 is 38.1 Å². The number of benzene rings is 2. The van der Waals surface area contributed by atoms with Crippen LogP contribution in [0.1, 0.15) is 57.1 Å². The van der Waals surface area contributed by atoms with E-state index in [9.17, 15) is 19.2 Å². The summed E-state index contributed by atoms with van der Waals surface area (Å²) in [4.78, 5) is 66.4. The van der Waals surface area contributed by atoms with E-state index in [1.54, 1.807) is 24.9 Å². The van der Waals surface area contributed by atoms with Crippen molar-refractivity contribution in [2.24, 2.45) is 0 Å². The van der Waals surface area contributed by atoms with E-state index >= 15 is 0 Å². The van der Waals surface area contributed by atoms with Gasteiger partial charge in [-0.1, -0.05) is 48.5 Å². The maximum Gasteiger partial charge on any atom is 0.407 e. The van der Waals surface area contributed by atoms with E-state index < -0.39 is 36.5 Å². The van der Waals surface area contributed by atoms with Crippen molar-refractivity contribution in [3.8, 4) is 33.6 Å². The zero-order valence-electron chi connectivity index (χ0n) is 33.4. The molecule has 4 heterocycles. The summed E-state index contributed by atoms with van der Waals surface area (Å²) in [7, 11) is 5.54. The molecule has 304 valence electrons. The summed E-state index contributed by atoms with van der Waals surface area (Å²) in [5.74, 6) is 0.271. The minimum absolute atomic E-state index is 0.00471. The van der Waals surface area contributed by atoms with Crippen LogP contribution in [-0.2, 0) is 35.0 Å². The highest BCUT2D eigenvalue weighted by atomic mass is 16.5. The van der Waals surface area contributed by atoms with Gasteiger partial charge in [0.1, 0.15) is 17.9 Å². The first-order valence-electron chi connectivity index (χ1n) is 19.3. The lowest BCUT2D eigenvalue weighted by Gasteiger charge is -2.31. The topological polar surface area (TPSA) is 180 Å². The molecule has 0 bridgehead atoms. The number of carbonyl (C=O) groups excluding carboxylic acids is 4. The number of imidazole rings is 1. The molecule has 6 atom stereocenters. The van der Waals surface area contributed by atoms with Gasteiger partial charge < -0.3 is 49.3 Å². The number of rotatable bonds is 14. The summed E-state index contributed by atoms with van der Waals surface area (Å²) in [5.41, 5.74) is 7.01. The summed E-state index contributed by atoms with van der Waals surface area (Å²) in [6, 6.07) is 18.8. The third-order valence-corrected chi connectivity index (χ3v) is 11.2. The van der Waals surface area contributed by atoms with E-state index in [1.165, 1.54) is 28.4 Å². The van der Waals surface area contributed by atoms with E-state index in [0.717, 1.165) is 65.0 Å². The average Bonchev–Trinajstić information content (AvgIpc) is 4.09. The third-order valence-electron chi connectivity index (χ3n) is 11.2. The second-order valence-corrected chi connectivity index (χ2v) is 14.6. The minimum Gasteiger partial charge on any atom is -0.453 e. The average molecular weight is 784 g/mol. The predicted molar refractivity (Wildman–Crippen MR) is 213 cm³/mol. The van der Waals surface area contributed by atoms with Crippen molar-refractivity contribution in [1.29, 1.82) is 0 Å². The van der Waals surface area contributed by atoms with Crippen LogP contribution in [0.4, 0.5) is 9.59 Å². The van der Waals surface area contributed by atoms with Gasteiger partial charge in [0, 0.05) is 51.2 Å². The SMILES string of the molecule is COC(=O)N[C@H](C(=O)N1CCC[C@H]1Cc1ccc(-c2ccc(-c3ccc(-c4cnc([C@@H]5CCCN5C(=O)[C@@H](NC(=O)OC)[C@@H](C)OC)[nH]4)cc3)cc2)[nH]1)[C@@H](C)OC. The molecule has 2 aliphatic rings. The van der Waals surface area contributed by atoms with Crippen molar-refractivity contribution in [3.05, 3.63) is 78.4 Å². The summed E-state index contributed by atoms with van der Waals surface area (Å²) >= 11 is 0. The van der Waals surface area contributed by atoms with Crippen LogP contribution in [0.3, 0.4) is 0 Å². The lowest BCUT2D eigenvalue weighted by molar-refractivity contribution is -0.138. The maximum atomic E-state index is 13.6. The Morgan fingerprint density at radius 2 is 1.19 bits per heavy atom. The number of ether oxygens (including phenoxy) is 4. The number of amides is 4. The number of aromatic nitrogens is 3. The summed E-state index contributed by atoms with van der Waals surface area (Å²) < 4.78 is 20.3. The number of H-pyrrole nitrogens is 2. The number of likely N-dealkylation sites (tertiary alicyclic amines) is 2. The second kappa shape index (κ2) is 18.5. The molecular weight excluding hydrogens is 731 g/mol. The monoisotopic (exact) mass is 783 g/mol. The van der Waals surface area contributed by atoms with Crippen LogP contribution in [0.2, 0.25) is 0 Å². The molecule has 2 saturated heterocycles. The highest BCUT2D eigenvalue weighted by Crippen LogP contribution is 2.33. The smallest absolute Gasteiger partial charge is 0.407 e. The Kier molecular flexibility index (Phi) is 13.3. The van der Waals surface area contributed by atoms with Gasteiger partial charge in [0.05, 0.1) is 44.4 Å². The fourth-order valence-electron chi connectivity index (χ4n) is 7.73. The second-order valence-electron chi connectivity index (χ2n) is 14.6. The van der Waals surface area contributed by atoms with E-state index in [0.29, 0.717) is 25.3 Å². The number of hydrogen-bond donors (Lipinski definition) is 4. The highest BCUT2D eigenvalue weighted by molar-refractivity contribution is 5.87. The lowest BCUT2D eigenvalue weighted by atomic mass is 10.0. The fraction of sp³-hybridized carbons (Fsp3) is 0.452. The summed E-state index contributed by atoms with van der Waals surface area (Å²) in [6.07, 6.45) is 3.34. The van der Waals surface area contributed by atoms with E-state index in [-0.39, 0.29) is 23.9 Å². The summed E-state index contributed by atoms with van der Waals surface area (Å²) in [5, 5.41) is 5.26. The molecule has 57 heavy (non-hydrogen) atoms. The molecule has 2 aromatic carbocycles. The molecule has 0 spiro atoms. The first-order valence-corrected chi connectivity index (χ1v) is 19.3. The Hall–Kier alpha value is -5.67. The molecule has 15 nitrogen and oxygen atoms in total. The van der Waals surface area contributed by atoms with Crippen molar-refractivity contribution in [2.45, 2.75) is 82.3 Å². The third kappa shape index (κ3) is 9.32. The molecule has 2 fully saturated rings. The van der Waals surface area contributed by atoms with Crippen molar-refractivity contribution >= 4 is 24.0 Å². The standard InChI is InChI=1S/C42H53N7O8/c1-25(54-3)36(46-41(52)56-5)39(50)48-21-7-9-32(48)23-31-19-20-33(44-31)29-15-11-27(12-16-29)28-13-17-30(18-14-28)34-24-43-38(45-34)35-10-8-22-49(35)40(51)37(26(2)55-4)47-42(53)57-6/h11-20,24-26,32,35-37,44H,7-10,21-23H2,1-6H3,(H,43,45)(H,46,52)(H,47,53)/t25-,26-,32+,35+,36+,37+/m1/s1. The molecule has 4 aromatic rings. The molecule has 2 aliphatic heterocycles. The maximum absolute atomic E-state index is 13.6. The zero-order valence-corrected chi connectivity index (χ0v) is 33.4. The molecule has 0 saturated carbocycles.